The summed E-state index contributed by atoms with van der Waals surface area (Å²) in [5.41, 5.74) is 0.684. The number of hydrogen-bond acceptors (Lipinski definition) is 5. The van der Waals surface area contributed by atoms with Crippen LogP contribution in [0.3, 0.4) is 0 Å². The molecule has 4 atom stereocenters. The van der Waals surface area contributed by atoms with Crippen molar-refractivity contribution in [2.75, 3.05) is 11.4 Å². The van der Waals surface area contributed by atoms with E-state index in [-0.39, 0.29) is 18.4 Å². The second kappa shape index (κ2) is 5.19. The smallest absolute Gasteiger partial charge is 0.324 e. The lowest BCUT2D eigenvalue weighted by molar-refractivity contribution is -0.142. The number of alkyl halides is 1. The van der Waals surface area contributed by atoms with Crippen LogP contribution in [0.5, 0.6) is 0 Å². The molecule has 1 aromatic heterocycles. The van der Waals surface area contributed by atoms with Crippen molar-refractivity contribution in [1.82, 2.24) is 10.1 Å². The van der Waals surface area contributed by atoms with E-state index >= 15 is 0 Å². The molecular formula is C15H13ClFN3O3. The van der Waals surface area contributed by atoms with Gasteiger partial charge in [-0.3, -0.25) is 4.79 Å². The molecule has 0 radical (unpaired) electrons. The Balaban J connectivity index is 1.64. The van der Waals surface area contributed by atoms with Gasteiger partial charge in [0.15, 0.2) is 0 Å². The molecule has 1 aliphatic heterocycles. The van der Waals surface area contributed by atoms with E-state index in [1.54, 1.807) is 29.2 Å². The van der Waals surface area contributed by atoms with Crippen LogP contribution in [0, 0.1) is 11.8 Å². The summed E-state index contributed by atoms with van der Waals surface area (Å²) in [5.74, 6) is -1.59. The van der Waals surface area contributed by atoms with Crippen molar-refractivity contribution in [3.8, 4) is 11.4 Å². The van der Waals surface area contributed by atoms with Gasteiger partial charge in [-0.15, -0.1) is 0 Å². The second-order valence-electron chi connectivity index (χ2n) is 5.93. The first-order chi connectivity index (χ1) is 11.0. The van der Waals surface area contributed by atoms with Gasteiger partial charge in [0.25, 0.3) is 0 Å². The van der Waals surface area contributed by atoms with Gasteiger partial charge in [0.2, 0.25) is 5.82 Å². The summed E-state index contributed by atoms with van der Waals surface area (Å²) in [6.45, 7) is 0.416. The second-order valence-corrected chi connectivity index (χ2v) is 6.37. The highest BCUT2D eigenvalue weighted by molar-refractivity contribution is 6.30. The Morgan fingerprint density at radius 3 is 3.00 bits per heavy atom. The van der Waals surface area contributed by atoms with Gasteiger partial charge in [0.05, 0.1) is 12.0 Å². The minimum atomic E-state index is -1.20. The van der Waals surface area contributed by atoms with Gasteiger partial charge in [-0.25, -0.2) is 4.39 Å². The molecule has 1 saturated carbocycles. The van der Waals surface area contributed by atoms with E-state index in [9.17, 15) is 14.3 Å². The molecule has 2 fully saturated rings. The average Bonchev–Trinajstić information content (AvgIpc) is 3.18. The molecule has 1 aliphatic carbocycles. The minimum Gasteiger partial charge on any atom is -0.481 e. The Morgan fingerprint density at radius 2 is 2.30 bits per heavy atom. The number of benzene rings is 1. The molecule has 1 N–H and O–H groups in total. The van der Waals surface area contributed by atoms with E-state index in [1.807, 2.05) is 0 Å². The standard InChI is InChI=1S/C15H13ClFN3O3/c16-9-3-1-2-7(4-9)13-18-15(23-19-13)20-6-8-5-10(17)12(20)11(8)14(21)22/h1-4,8,10-12H,5-6H2,(H,21,22)/t8-,10-,11-,12-/m1/s1. The largest absolute Gasteiger partial charge is 0.481 e. The third-order valence-corrected chi connectivity index (χ3v) is 4.83. The highest BCUT2D eigenvalue weighted by Gasteiger charge is 2.57. The molecule has 2 aromatic rings. The molecule has 1 saturated heterocycles. The maximum atomic E-state index is 14.1. The molecule has 4 rings (SSSR count). The number of halogens is 2. The fourth-order valence-electron chi connectivity index (χ4n) is 3.66. The number of anilines is 1. The summed E-state index contributed by atoms with van der Waals surface area (Å²) >= 11 is 5.94. The third-order valence-electron chi connectivity index (χ3n) is 4.59. The molecule has 0 amide bonds. The molecule has 0 unspecified atom stereocenters. The van der Waals surface area contributed by atoms with E-state index in [1.165, 1.54) is 0 Å². The van der Waals surface area contributed by atoms with E-state index in [0.717, 1.165) is 0 Å². The number of rotatable bonds is 3. The van der Waals surface area contributed by atoms with Crippen molar-refractivity contribution in [2.45, 2.75) is 18.6 Å². The molecule has 6 nitrogen and oxygen atoms in total. The van der Waals surface area contributed by atoms with Crippen LogP contribution in [-0.4, -0.2) is 40.0 Å². The number of aromatic nitrogens is 2. The number of carboxylic acids is 1. The molecular weight excluding hydrogens is 325 g/mol. The number of aliphatic carboxylic acids is 1. The van der Waals surface area contributed by atoms with E-state index in [4.69, 9.17) is 16.1 Å². The quantitative estimate of drug-likeness (QED) is 0.927. The average molecular weight is 338 g/mol. The van der Waals surface area contributed by atoms with Gasteiger partial charge in [-0.1, -0.05) is 28.9 Å². The third kappa shape index (κ3) is 2.26. The zero-order valence-electron chi connectivity index (χ0n) is 11.9. The summed E-state index contributed by atoms with van der Waals surface area (Å²) in [6, 6.07) is 6.39. The summed E-state index contributed by atoms with van der Waals surface area (Å²) in [6.07, 6.45) is -0.927. The van der Waals surface area contributed by atoms with Crippen molar-refractivity contribution in [3.05, 3.63) is 29.3 Å². The molecule has 2 bridgehead atoms. The maximum absolute atomic E-state index is 14.1. The minimum absolute atomic E-state index is 0.154. The lowest BCUT2D eigenvalue weighted by atomic mass is 9.99. The molecule has 23 heavy (non-hydrogen) atoms. The van der Waals surface area contributed by atoms with Crippen molar-refractivity contribution in [3.63, 3.8) is 0 Å². The van der Waals surface area contributed by atoms with Crippen LogP contribution in [0.4, 0.5) is 10.4 Å². The van der Waals surface area contributed by atoms with Crippen LogP contribution in [0.1, 0.15) is 6.42 Å². The molecule has 120 valence electrons. The van der Waals surface area contributed by atoms with Gasteiger partial charge in [0, 0.05) is 17.1 Å². The van der Waals surface area contributed by atoms with Crippen molar-refractivity contribution < 1.29 is 18.8 Å². The first kappa shape index (κ1) is 14.4. The molecule has 0 spiro atoms. The summed E-state index contributed by atoms with van der Waals surface area (Å²) < 4.78 is 19.4. The van der Waals surface area contributed by atoms with E-state index in [0.29, 0.717) is 23.0 Å². The van der Waals surface area contributed by atoms with Crippen LogP contribution in [0.2, 0.25) is 5.02 Å². The van der Waals surface area contributed by atoms with Crippen molar-refractivity contribution in [1.29, 1.82) is 0 Å². The highest BCUT2D eigenvalue weighted by atomic mass is 35.5. The highest BCUT2D eigenvalue weighted by Crippen LogP contribution is 2.46. The number of carboxylic acid groups (broad SMARTS) is 1. The summed E-state index contributed by atoms with van der Waals surface area (Å²) in [7, 11) is 0. The normalized spacial score (nSPS) is 29.2. The van der Waals surface area contributed by atoms with Crippen molar-refractivity contribution in [2.24, 2.45) is 11.8 Å². The first-order valence-electron chi connectivity index (χ1n) is 7.28. The Labute approximate surface area is 135 Å². The van der Waals surface area contributed by atoms with Gasteiger partial charge in [-0.2, -0.15) is 4.98 Å². The molecule has 8 heteroatoms. The molecule has 2 aliphatic rings. The predicted molar refractivity (Wildman–Crippen MR) is 80.0 cm³/mol. The van der Waals surface area contributed by atoms with Gasteiger partial charge in [0.1, 0.15) is 6.17 Å². The first-order valence-corrected chi connectivity index (χ1v) is 7.65. The fraction of sp³-hybridized carbons (Fsp3) is 0.400. The maximum Gasteiger partial charge on any atom is 0.324 e. The Kier molecular flexibility index (Phi) is 3.26. The van der Waals surface area contributed by atoms with Crippen LogP contribution in [-0.2, 0) is 4.79 Å². The zero-order chi connectivity index (χ0) is 16.1. The number of piperidine rings is 1. The van der Waals surface area contributed by atoms with Crippen molar-refractivity contribution >= 4 is 23.6 Å². The summed E-state index contributed by atoms with van der Waals surface area (Å²) in [5, 5.41) is 13.8. The Bertz CT molecular complexity index is 768. The van der Waals surface area contributed by atoms with Gasteiger partial charge < -0.3 is 14.5 Å². The monoisotopic (exact) mass is 337 g/mol. The van der Waals surface area contributed by atoms with Crippen LogP contribution < -0.4 is 4.90 Å². The number of carbonyl (C=O) groups is 1. The predicted octanol–water partition coefficient (Wildman–Crippen LogP) is 2.64. The zero-order valence-corrected chi connectivity index (χ0v) is 12.7. The number of fused-ring (bicyclic) bond motifs is 2. The van der Waals surface area contributed by atoms with Crippen LogP contribution >= 0.6 is 11.6 Å². The van der Waals surface area contributed by atoms with E-state index in [2.05, 4.69) is 10.1 Å². The number of nitrogens with zero attached hydrogens (tertiary/aromatic N) is 3. The van der Waals surface area contributed by atoms with Gasteiger partial charge in [-0.05, 0) is 24.5 Å². The Morgan fingerprint density at radius 1 is 1.48 bits per heavy atom. The number of hydrogen-bond donors (Lipinski definition) is 1. The topological polar surface area (TPSA) is 79.5 Å². The molecule has 1 aromatic carbocycles. The fourth-order valence-corrected chi connectivity index (χ4v) is 3.85. The molecule has 2 heterocycles. The lowest BCUT2D eigenvalue weighted by Crippen LogP contribution is -2.41. The van der Waals surface area contributed by atoms with Crippen LogP contribution in [0.15, 0.2) is 28.8 Å². The Hall–Kier alpha value is -2.15. The van der Waals surface area contributed by atoms with E-state index < -0.39 is 24.1 Å². The van der Waals surface area contributed by atoms with Crippen LogP contribution in [0.25, 0.3) is 11.4 Å². The SMILES string of the molecule is O=C(O)[C@@H]1[C@@H]2C[C@@H](F)[C@H]1N(c1nc(-c3cccc(Cl)c3)no1)C2. The lowest BCUT2D eigenvalue weighted by Gasteiger charge is -2.27. The van der Waals surface area contributed by atoms with Gasteiger partial charge >= 0.3 is 12.0 Å². The summed E-state index contributed by atoms with van der Waals surface area (Å²) in [4.78, 5) is 17.2.